The molecule has 0 radical (unpaired) electrons. The minimum absolute atomic E-state index is 0. The molecule has 0 rings (SSSR count). The van der Waals surface area contributed by atoms with E-state index in [1.807, 2.05) is 0 Å². The van der Waals surface area contributed by atoms with Crippen molar-refractivity contribution in [2.45, 2.75) is 0 Å². The summed E-state index contributed by atoms with van der Waals surface area (Å²) >= 11 is 0. The third-order valence-electron chi connectivity index (χ3n) is 0. The molecule has 0 aliphatic carbocycles. The number of rotatable bonds is 0. The molecule has 0 heterocycles. The summed E-state index contributed by atoms with van der Waals surface area (Å²) in [5, 5.41) is 0. The Morgan fingerprint density at radius 1 is 0.500 bits per heavy atom. The summed E-state index contributed by atoms with van der Waals surface area (Å²) in [5.74, 6) is 0. The molecule has 0 fully saturated rings. The minimum atomic E-state index is 0. The standard InChI is InChI=1S/ClH2.3FH.2Na/h1H2;3*1H;;/q+1;;;;2*+1/p-3. The van der Waals surface area contributed by atoms with E-state index in [9.17, 15) is 0 Å². The Morgan fingerprint density at radius 3 is 0.500 bits per heavy atom. The first-order valence-corrected chi connectivity index (χ1v) is 0. The molecule has 0 bridgehead atoms. The molecule has 0 saturated carbocycles. The molecular weight excluding hydrogens is 138 g/mol. The van der Waals surface area contributed by atoms with Crippen molar-refractivity contribution in [3.63, 3.8) is 0 Å². The Labute approximate surface area is 84.5 Å². The number of hydrogen-bond acceptors (Lipinski definition) is 0. The fourth-order valence-corrected chi connectivity index (χ4v) is 0. The molecule has 32 valence electrons. The Morgan fingerprint density at radius 2 is 0.500 bits per heavy atom. The normalized spacial score (nSPS) is 0. The maximum Gasteiger partial charge on any atom is 1.00 e. The van der Waals surface area contributed by atoms with Crippen molar-refractivity contribution in [3.05, 3.63) is 0 Å². The predicted octanol–water partition coefficient (Wildman–Crippen LogP) is -15.5. The Hall–Kier alpha value is 2.08. The van der Waals surface area contributed by atoms with Crippen molar-refractivity contribution < 1.29 is 85.6 Å². The molecule has 6 heteroatoms. The monoisotopic (exact) mass is 140 g/mol. The molecule has 0 nitrogen and oxygen atoms in total. The van der Waals surface area contributed by atoms with E-state index < -0.39 is 0 Å². The van der Waals surface area contributed by atoms with Crippen molar-refractivity contribution >= 4 is 0 Å². The first-order chi connectivity index (χ1) is 0. The van der Waals surface area contributed by atoms with Crippen LogP contribution in [0.5, 0.6) is 0 Å². The topological polar surface area (TPSA) is 0 Å². The molecular formula is H2ClF3Na2. The van der Waals surface area contributed by atoms with E-state index in [4.69, 9.17) is 0 Å². The van der Waals surface area contributed by atoms with Crippen LogP contribution in [0.1, 0.15) is 0 Å². The third-order valence-corrected chi connectivity index (χ3v) is 0. The van der Waals surface area contributed by atoms with Crippen molar-refractivity contribution in [1.82, 2.24) is 0 Å². The molecule has 0 aromatic heterocycles. The molecule has 0 amide bonds. The van der Waals surface area contributed by atoms with E-state index >= 15 is 0 Å². The van der Waals surface area contributed by atoms with Crippen LogP contribution in [0.2, 0.25) is 0 Å². The van der Waals surface area contributed by atoms with Crippen LogP contribution in [-0.4, -0.2) is 0 Å². The summed E-state index contributed by atoms with van der Waals surface area (Å²) in [6.45, 7) is 0. The van der Waals surface area contributed by atoms with Gasteiger partial charge < -0.3 is 14.1 Å². The average molecular weight is 140 g/mol. The quantitative estimate of drug-likeness (QED) is 0.293. The van der Waals surface area contributed by atoms with Crippen LogP contribution in [0.15, 0.2) is 0 Å². The van der Waals surface area contributed by atoms with E-state index in [-0.39, 0.29) is 85.6 Å². The van der Waals surface area contributed by atoms with Crippen LogP contribution in [0.25, 0.3) is 0 Å². The Balaban J connectivity index is 0. The second-order valence-electron chi connectivity index (χ2n) is 0. The summed E-state index contributed by atoms with van der Waals surface area (Å²) in [7, 11) is 0. The van der Waals surface area contributed by atoms with Gasteiger partial charge in [-0.05, 0) is 0 Å². The van der Waals surface area contributed by atoms with Crippen molar-refractivity contribution in [3.8, 4) is 0 Å². The summed E-state index contributed by atoms with van der Waals surface area (Å²) < 4.78 is 0. The van der Waals surface area contributed by atoms with Crippen LogP contribution in [0.3, 0.4) is 0 Å². The molecule has 6 heavy (non-hydrogen) atoms. The van der Waals surface area contributed by atoms with Crippen molar-refractivity contribution in [2.24, 2.45) is 0 Å². The van der Waals surface area contributed by atoms with Gasteiger partial charge in [-0.15, -0.1) is 0 Å². The Bertz CT molecular complexity index is 8.75. The van der Waals surface area contributed by atoms with Crippen LogP contribution in [0, 0.1) is 12.4 Å². The van der Waals surface area contributed by atoms with Crippen molar-refractivity contribution in [2.75, 3.05) is 0 Å². The first kappa shape index (κ1) is 93.6. The number of halogens is 4. The van der Waals surface area contributed by atoms with Gasteiger partial charge >= 0.3 is 59.1 Å². The van der Waals surface area contributed by atoms with Gasteiger partial charge in [0.1, 0.15) is 0 Å². The summed E-state index contributed by atoms with van der Waals surface area (Å²) in [4.78, 5) is 0. The van der Waals surface area contributed by atoms with Gasteiger partial charge in [0.05, 0.1) is 12.4 Å². The molecule has 0 aromatic carbocycles. The molecule has 0 atom stereocenters. The summed E-state index contributed by atoms with van der Waals surface area (Å²) in [6.07, 6.45) is 0. The van der Waals surface area contributed by atoms with Gasteiger partial charge in [0, 0.05) is 0 Å². The predicted molar refractivity (Wildman–Crippen MR) is 2.79 cm³/mol. The van der Waals surface area contributed by atoms with E-state index in [1.54, 1.807) is 0 Å². The fraction of sp³-hybridized carbons (Fsp3) is 0. The average Bonchev–Trinajstić information content (AvgIpc) is 0. The largest absolute Gasteiger partial charge is 1.00 e. The van der Waals surface area contributed by atoms with E-state index in [2.05, 4.69) is 0 Å². The van der Waals surface area contributed by atoms with Gasteiger partial charge in [-0.2, -0.15) is 0 Å². The van der Waals surface area contributed by atoms with Crippen LogP contribution in [-0.2, 0) is 0 Å². The van der Waals surface area contributed by atoms with Gasteiger partial charge in [0.25, 0.3) is 0 Å². The second kappa shape index (κ2) is 60.5. The summed E-state index contributed by atoms with van der Waals surface area (Å²) in [6, 6.07) is 0. The Kier molecular flexibility index (Phi) is 944. The smallest absolute Gasteiger partial charge is 1.00 e. The third kappa shape index (κ3) is 36.3. The zero-order chi connectivity index (χ0) is 0. The number of hydrogen-bond donors (Lipinski definition) is 0. The zero-order valence-corrected chi connectivity index (χ0v) is 8.48. The minimum Gasteiger partial charge on any atom is -1.00 e. The summed E-state index contributed by atoms with van der Waals surface area (Å²) in [5.41, 5.74) is 0. The first-order valence-electron chi connectivity index (χ1n) is 0. The molecule has 0 N–H and O–H groups in total. The second-order valence-corrected chi connectivity index (χ2v) is 0. The van der Waals surface area contributed by atoms with Gasteiger partial charge in [0.2, 0.25) is 0 Å². The molecule has 0 aliphatic heterocycles. The molecule has 0 aromatic rings. The van der Waals surface area contributed by atoms with Crippen LogP contribution in [0.4, 0.5) is 0 Å². The fourth-order valence-electron chi connectivity index (χ4n) is 0. The van der Waals surface area contributed by atoms with E-state index in [1.165, 1.54) is 0 Å². The van der Waals surface area contributed by atoms with Gasteiger partial charge in [-0.1, -0.05) is 0 Å². The molecule has 0 spiro atoms. The van der Waals surface area contributed by atoms with Gasteiger partial charge in [-0.3, -0.25) is 0 Å². The van der Waals surface area contributed by atoms with Gasteiger partial charge in [0.15, 0.2) is 0 Å². The maximum atomic E-state index is 0. The molecule has 0 unspecified atom stereocenters. The van der Waals surface area contributed by atoms with E-state index in [0.29, 0.717) is 0 Å². The van der Waals surface area contributed by atoms with Crippen molar-refractivity contribution in [1.29, 1.82) is 0 Å². The van der Waals surface area contributed by atoms with Crippen LogP contribution >= 0.6 is 0 Å². The molecule has 0 saturated heterocycles. The zero-order valence-electron chi connectivity index (χ0n) is 3.58. The van der Waals surface area contributed by atoms with Crippen LogP contribution < -0.4 is 73.2 Å². The van der Waals surface area contributed by atoms with Gasteiger partial charge in [-0.25, -0.2) is 0 Å². The van der Waals surface area contributed by atoms with E-state index in [0.717, 1.165) is 0 Å². The molecule has 0 aliphatic rings. The maximum absolute atomic E-state index is 0. The SMILES string of the molecule is [ClH2+].[F-].[F-].[F-].[Na+].[Na+].